The lowest BCUT2D eigenvalue weighted by Gasteiger charge is -2.12. The standard InChI is InChI=1S/C19H17NO2/c1-13-6-8-14(9-7-13)11-21-19-18-16(12-22-19)10-15-4-2-3-5-17(15)20-18/h2-10,19H,11-12H2,1H3. The molecule has 110 valence electrons. The number of rotatable bonds is 3. The van der Waals surface area contributed by atoms with E-state index >= 15 is 0 Å². The van der Waals surface area contributed by atoms with Crippen LogP contribution in [0.2, 0.25) is 0 Å². The normalized spacial score (nSPS) is 16.9. The summed E-state index contributed by atoms with van der Waals surface area (Å²) in [7, 11) is 0. The van der Waals surface area contributed by atoms with Crippen molar-refractivity contribution in [3.05, 3.63) is 77.0 Å². The number of ether oxygens (including phenoxy) is 2. The first kappa shape index (κ1) is 13.4. The summed E-state index contributed by atoms with van der Waals surface area (Å²) in [5, 5.41) is 1.14. The minimum Gasteiger partial charge on any atom is -0.342 e. The third-order valence-corrected chi connectivity index (χ3v) is 3.97. The molecule has 0 spiro atoms. The fraction of sp³-hybridized carbons (Fsp3) is 0.211. The van der Waals surface area contributed by atoms with Gasteiger partial charge in [0.15, 0.2) is 0 Å². The Balaban J connectivity index is 1.56. The highest BCUT2D eigenvalue weighted by atomic mass is 16.7. The molecule has 0 saturated heterocycles. The molecular weight excluding hydrogens is 274 g/mol. The molecule has 1 atom stereocenters. The molecule has 22 heavy (non-hydrogen) atoms. The zero-order valence-corrected chi connectivity index (χ0v) is 12.5. The molecule has 1 aromatic heterocycles. The van der Waals surface area contributed by atoms with E-state index in [4.69, 9.17) is 14.5 Å². The van der Waals surface area contributed by atoms with E-state index in [1.165, 1.54) is 5.56 Å². The number of fused-ring (bicyclic) bond motifs is 2. The van der Waals surface area contributed by atoms with Crippen molar-refractivity contribution in [2.24, 2.45) is 0 Å². The summed E-state index contributed by atoms with van der Waals surface area (Å²) >= 11 is 0. The Morgan fingerprint density at radius 3 is 2.82 bits per heavy atom. The van der Waals surface area contributed by atoms with Crippen LogP contribution in [-0.2, 0) is 22.7 Å². The monoisotopic (exact) mass is 291 g/mol. The molecule has 4 rings (SSSR count). The van der Waals surface area contributed by atoms with Gasteiger partial charge in [0.05, 0.1) is 18.7 Å². The lowest BCUT2D eigenvalue weighted by atomic mass is 10.1. The average molecular weight is 291 g/mol. The van der Waals surface area contributed by atoms with Crippen LogP contribution in [0.4, 0.5) is 0 Å². The first-order valence-electron chi connectivity index (χ1n) is 7.47. The quantitative estimate of drug-likeness (QED) is 0.721. The maximum Gasteiger partial charge on any atom is 0.202 e. The van der Waals surface area contributed by atoms with Crippen LogP contribution in [0.25, 0.3) is 10.9 Å². The molecule has 3 heteroatoms. The average Bonchev–Trinajstić information content (AvgIpc) is 2.94. The van der Waals surface area contributed by atoms with Gasteiger partial charge in [0.2, 0.25) is 6.29 Å². The van der Waals surface area contributed by atoms with Gasteiger partial charge in [-0.25, -0.2) is 4.98 Å². The second kappa shape index (κ2) is 5.52. The van der Waals surface area contributed by atoms with E-state index in [2.05, 4.69) is 43.3 Å². The van der Waals surface area contributed by atoms with Gasteiger partial charge in [-0.1, -0.05) is 48.0 Å². The minimum absolute atomic E-state index is 0.374. The van der Waals surface area contributed by atoms with E-state index in [-0.39, 0.29) is 6.29 Å². The summed E-state index contributed by atoms with van der Waals surface area (Å²) in [5.41, 5.74) is 5.40. The number of hydrogen-bond acceptors (Lipinski definition) is 3. The van der Waals surface area contributed by atoms with Gasteiger partial charge in [-0.05, 0) is 24.6 Å². The topological polar surface area (TPSA) is 31.4 Å². The summed E-state index contributed by atoms with van der Waals surface area (Å²) in [6.45, 7) is 3.17. The van der Waals surface area contributed by atoms with E-state index in [0.29, 0.717) is 13.2 Å². The van der Waals surface area contributed by atoms with Gasteiger partial charge in [0.25, 0.3) is 0 Å². The Kier molecular flexibility index (Phi) is 3.37. The van der Waals surface area contributed by atoms with Crippen molar-refractivity contribution < 1.29 is 9.47 Å². The van der Waals surface area contributed by atoms with Crippen LogP contribution in [0.15, 0.2) is 54.6 Å². The van der Waals surface area contributed by atoms with Crippen molar-refractivity contribution in [2.75, 3.05) is 0 Å². The largest absolute Gasteiger partial charge is 0.342 e. The van der Waals surface area contributed by atoms with Gasteiger partial charge < -0.3 is 9.47 Å². The lowest BCUT2D eigenvalue weighted by molar-refractivity contribution is -0.147. The third-order valence-electron chi connectivity index (χ3n) is 3.97. The van der Waals surface area contributed by atoms with Crippen molar-refractivity contribution in [3.63, 3.8) is 0 Å². The molecule has 3 aromatic rings. The molecule has 1 aliphatic rings. The van der Waals surface area contributed by atoms with Gasteiger partial charge in [-0.3, -0.25) is 0 Å². The van der Waals surface area contributed by atoms with Gasteiger partial charge >= 0.3 is 0 Å². The first-order valence-corrected chi connectivity index (χ1v) is 7.47. The number of hydrogen-bond donors (Lipinski definition) is 0. The van der Waals surface area contributed by atoms with Gasteiger partial charge in [0.1, 0.15) is 5.69 Å². The number of aryl methyl sites for hydroxylation is 1. The van der Waals surface area contributed by atoms with Crippen LogP contribution < -0.4 is 0 Å². The van der Waals surface area contributed by atoms with Crippen LogP contribution in [0.3, 0.4) is 0 Å². The van der Waals surface area contributed by atoms with Crippen molar-refractivity contribution in [1.82, 2.24) is 4.98 Å². The molecule has 0 amide bonds. The van der Waals surface area contributed by atoms with E-state index < -0.39 is 0 Å². The SMILES string of the molecule is Cc1ccc(COC2OCc3cc4ccccc4nc32)cc1. The number of nitrogens with zero attached hydrogens (tertiary/aromatic N) is 1. The zero-order valence-electron chi connectivity index (χ0n) is 12.5. The van der Waals surface area contributed by atoms with Crippen LogP contribution in [0, 0.1) is 6.92 Å². The van der Waals surface area contributed by atoms with E-state index in [9.17, 15) is 0 Å². The third kappa shape index (κ3) is 2.49. The van der Waals surface area contributed by atoms with Crippen LogP contribution >= 0.6 is 0 Å². The summed E-state index contributed by atoms with van der Waals surface area (Å²) in [6.07, 6.45) is -0.374. The van der Waals surface area contributed by atoms with Crippen LogP contribution in [-0.4, -0.2) is 4.98 Å². The number of para-hydroxylation sites is 1. The second-order valence-electron chi connectivity index (χ2n) is 5.66. The predicted molar refractivity (Wildman–Crippen MR) is 85.2 cm³/mol. The Bertz CT molecular complexity index is 811. The second-order valence-corrected chi connectivity index (χ2v) is 5.66. The van der Waals surface area contributed by atoms with Crippen molar-refractivity contribution in [2.45, 2.75) is 26.4 Å². The molecule has 2 heterocycles. The Morgan fingerprint density at radius 2 is 1.95 bits per heavy atom. The Hall–Kier alpha value is -2.23. The van der Waals surface area contributed by atoms with E-state index in [0.717, 1.165) is 27.7 Å². The zero-order chi connectivity index (χ0) is 14.9. The predicted octanol–water partition coefficient (Wildman–Crippen LogP) is 4.29. The molecule has 0 fully saturated rings. The lowest BCUT2D eigenvalue weighted by Crippen LogP contribution is -2.04. The van der Waals surface area contributed by atoms with Crippen LogP contribution in [0.1, 0.15) is 28.7 Å². The van der Waals surface area contributed by atoms with Crippen LogP contribution in [0.5, 0.6) is 0 Å². The van der Waals surface area contributed by atoms with E-state index in [1.54, 1.807) is 0 Å². The molecule has 1 aliphatic heterocycles. The van der Waals surface area contributed by atoms with Gasteiger partial charge in [0, 0.05) is 10.9 Å². The van der Waals surface area contributed by atoms with Crippen molar-refractivity contribution >= 4 is 10.9 Å². The number of aromatic nitrogens is 1. The molecule has 2 aromatic carbocycles. The molecule has 0 saturated carbocycles. The molecule has 0 bridgehead atoms. The number of benzene rings is 2. The summed E-state index contributed by atoms with van der Waals surface area (Å²) in [4.78, 5) is 4.71. The Morgan fingerprint density at radius 1 is 1.14 bits per heavy atom. The summed E-state index contributed by atoms with van der Waals surface area (Å²) in [6, 6.07) is 18.6. The first-order chi connectivity index (χ1) is 10.8. The minimum atomic E-state index is -0.374. The number of pyridine rings is 1. The summed E-state index contributed by atoms with van der Waals surface area (Å²) < 4.78 is 11.7. The fourth-order valence-electron chi connectivity index (χ4n) is 2.72. The maximum atomic E-state index is 5.92. The highest BCUT2D eigenvalue weighted by molar-refractivity contribution is 5.79. The summed E-state index contributed by atoms with van der Waals surface area (Å²) in [5.74, 6) is 0. The smallest absolute Gasteiger partial charge is 0.202 e. The van der Waals surface area contributed by atoms with Gasteiger partial charge in [-0.15, -0.1) is 0 Å². The van der Waals surface area contributed by atoms with Crippen molar-refractivity contribution in [1.29, 1.82) is 0 Å². The Labute approximate surface area is 129 Å². The molecule has 3 nitrogen and oxygen atoms in total. The highest BCUT2D eigenvalue weighted by Crippen LogP contribution is 2.32. The van der Waals surface area contributed by atoms with Crippen molar-refractivity contribution in [3.8, 4) is 0 Å². The molecule has 0 N–H and O–H groups in total. The maximum absolute atomic E-state index is 5.92. The molecular formula is C19H17NO2. The van der Waals surface area contributed by atoms with E-state index in [1.807, 2.05) is 18.2 Å². The van der Waals surface area contributed by atoms with Gasteiger partial charge in [-0.2, -0.15) is 0 Å². The molecule has 0 aliphatic carbocycles. The molecule has 0 radical (unpaired) electrons. The molecule has 1 unspecified atom stereocenters. The fourth-order valence-corrected chi connectivity index (χ4v) is 2.72. The highest BCUT2D eigenvalue weighted by Gasteiger charge is 2.26.